The van der Waals surface area contributed by atoms with Gasteiger partial charge in [-0.15, -0.1) is 0 Å². The molecule has 8 nitrogen and oxygen atoms in total. The molecule has 1 amide bonds. The zero-order chi connectivity index (χ0) is 16.4. The van der Waals surface area contributed by atoms with E-state index in [0.29, 0.717) is 18.1 Å². The molecule has 1 N–H and O–H groups in total. The molecule has 0 spiro atoms. The molecule has 1 aromatic carbocycles. The number of nitrogens with one attached hydrogen (secondary N) is 1. The van der Waals surface area contributed by atoms with E-state index in [9.17, 15) is 14.9 Å². The largest absolute Gasteiger partial charge is 0.362 e. The van der Waals surface area contributed by atoms with E-state index < -0.39 is 4.92 Å². The molecule has 23 heavy (non-hydrogen) atoms. The zero-order valence-electron chi connectivity index (χ0n) is 12.6. The molecule has 1 aromatic heterocycles. The number of amides is 1. The molecule has 0 saturated carbocycles. The fraction of sp³-hybridized carbons (Fsp3) is 0.333. The maximum absolute atomic E-state index is 12.2. The number of aromatic nitrogens is 1. The Hall–Kier alpha value is -2.90. The van der Waals surface area contributed by atoms with Crippen LogP contribution >= 0.6 is 0 Å². The van der Waals surface area contributed by atoms with E-state index in [1.807, 2.05) is 4.90 Å². The zero-order valence-corrected chi connectivity index (χ0v) is 12.6. The summed E-state index contributed by atoms with van der Waals surface area (Å²) in [7, 11) is 0. The second kappa shape index (κ2) is 6.07. The lowest BCUT2D eigenvalue weighted by Gasteiger charge is -2.30. The van der Waals surface area contributed by atoms with Crippen molar-refractivity contribution in [2.45, 2.75) is 19.8 Å². The topological polar surface area (TPSA) is 102 Å². The van der Waals surface area contributed by atoms with Crippen LogP contribution in [0.3, 0.4) is 0 Å². The van der Waals surface area contributed by atoms with Crippen LogP contribution in [0, 0.1) is 17.0 Å². The summed E-state index contributed by atoms with van der Waals surface area (Å²) in [4.78, 5) is 24.5. The number of aryl methyl sites for hydroxylation is 2. The lowest BCUT2D eigenvalue weighted by molar-refractivity contribution is -0.384. The minimum absolute atomic E-state index is 0.0307. The van der Waals surface area contributed by atoms with Crippen molar-refractivity contribution in [3.05, 3.63) is 45.7 Å². The monoisotopic (exact) mass is 316 g/mol. The fourth-order valence-electron chi connectivity index (χ4n) is 2.70. The SMILES string of the molecule is Cc1cc(NC(=O)CN2CCCc3ccc([N+](=O)[O-])cc32)no1. The third-order valence-corrected chi connectivity index (χ3v) is 3.72. The highest BCUT2D eigenvalue weighted by Gasteiger charge is 2.22. The number of rotatable bonds is 4. The highest BCUT2D eigenvalue weighted by molar-refractivity contribution is 5.93. The first-order valence-electron chi connectivity index (χ1n) is 7.28. The van der Waals surface area contributed by atoms with E-state index >= 15 is 0 Å². The van der Waals surface area contributed by atoms with Crippen molar-refractivity contribution in [2.75, 3.05) is 23.3 Å². The molecule has 2 aromatic rings. The Morgan fingerprint density at radius 3 is 3.00 bits per heavy atom. The molecule has 8 heteroatoms. The van der Waals surface area contributed by atoms with Gasteiger partial charge in [0, 0.05) is 30.4 Å². The Labute approximate surface area is 132 Å². The minimum Gasteiger partial charge on any atom is -0.362 e. The van der Waals surface area contributed by atoms with Gasteiger partial charge in [-0.2, -0.15) is 0 Å². The van der Waals surface area contributed by atoms with Gasteiger partial charge < -0.3 is 14.7 Å². The van der Waals surface area contributed by atoms with Gasteiger partial charge in [0.1, 0.15) is 5.76 Å². The lowest BCUT2D eigenvalue weighted by atomic mass is 10.0. The number of hydrogen-bond acceptors (Lipinski definition) is 6. The fourth-order valence-corrected chi connectivity index (χ4v) is 2.70. The Morgan fingerprint density at radius 2 is 2.30 bits per heavy atom. The first-order chi connectivity index (χ1) is 11.0. The van der Waals surface area contributed by atoms with Crippen molar-refractivity contribution < 1.29 is 14.2 Å². The quantitative estimate of drug-likeness (QED) is 0.686. The van der Waals surface area contributed by atoms with Gasteiger partial charge in [0.2, 0.25) is 5.91 Å². The molecule has 0 aliphatic carbocycles. The summed E-state index contributed by atoms with van der Waals surface area (Å²) >= 11 is 0. The van der Waals surface area contributed by atoms with Gasteiger partial charge >= 0.3 is 0 Å². The Kier molecular flexibility index (Phi) is 3.96. The summed E-state index contributed by atoms with van der Waals surface area (Å²) in [6.07, 6.45) is 1.76. The number of nitro benzene ring substituents is 1. The number of benzene rings is 1. The predicted molar refractivity (Wildman–Crippen MR) is 83.5 cm³/mol. The molecule has 0 saturated heterocycles. The van der Waals surface area contributed by atoms with Crippen LogP contribution < -0.4 is 10.2 Å². The average Bonchev–Trinajstić information content (AvgIpc) is 2.92. The number of nitro groups is 1. The second-order valence-corrected chi connectivity index (χ2v) is 5.47. The van der Waals surface area contributed by atoms with Crippen LogP contribution in [0.1, 0.15) is 17.7 Å². The standard InChI is InChI=1S/C15H16N4O4/c1-10-7-14(17-23-10)16-15(20)9-18-6-2-3-11-4-5-12(19(21)22)8-13(11)18/h4-5,7-8H,2-3,6,9H2,1H3,(H,16,17,20). The number of carbonyl (C=O) groups is 1. The summed E-state index contributed by atoms with van der Waals surface area (Å²) < 4.78 is 4.90. The van der Waals surface area contributed by atoms with E-state index in [4.69, 9.17) is 4.52 Å². The van der Waals surface area contributed by atoms with Gasteiger partial charge in [0.05, 0.1) is 11.5 Å². The molecule has 120 valence electrons. The molecule has 0 radical (unpaired) electrons. The number of anilines is 2. The summed E-state index contributed by atoms with van der Waals surface area (Å²) in [6, 6.07) is 6.42. The predicted octanol–water partition coefficient (Wildman–Crippen LogP) is 2.28. The van der Waals surface area contributed by atoms with E-state index in [0.717, 1.165) is 24.1 Å². The van der Waals surface area contributed by atoms with Crippen molar-refractivity contribution in [1.82, 2.24) is 5.16 Å². The molecule has 0 unspecified atom stereocenters. The van der Waals surface area contributed by atoms with Crippen LogP contribution in [0.15, 0.2) is 28.8 Å². The normalized spacial score (nSPS) is 13.5. The van der Waals surface area contributed by atoms with Crippen molar-refractivity contribution in [1.29, 1.82) is 0 Å². The first kappa shape index (κ1) is 15.0. The highest BCUT2D eigenvalue weighted by atomic mass is 16.6. The number of nitrogens with zero attached hydrogens (tertiary/aromatic N) is 3. The Morgan fingerprint density at radius 1 is 1.48 bits per heavy atom. The summed E-state index contributed by atoms with van der Waals surface area (Å²) in [5.41, 5.74) is 1.80. The molecular weight excluding hydrogens is 300 g/mol. The van der Waals surface area contributed by atoms with Crippen LogP contribution in [0.5, 0.6) is 0 Å². The third kappa shape index (κ3) is 3.31. The number of hydrogen-bond donors (Lipinski definition) is 1. The van der Waals surface area contributed by atoms with Gasteiger partial charge in [-0.25, -0.2) is 0 Å². The van der Waals surface area contributed by atoms with Crippen LogP contribution in [0.25, 0.3) is 0 Å². The lowest BCUT2D eigenvalue weighted by Crippen LogP contribution is -2.36. The maximum Gasteiger partial charge on any atom is 0.271 e. The minimum atomic E-state index is -0.425. The number of carbonyl (C=O) groups excluding carboxylic acids is 1. The third-order valence-electron chi connectivity index (χ3n) is 3.72. The van der Waals surface area contributed by atoms with E-state index in [1.54, 1.807) is 19.1 Å². The van der Waals surface area contributed by atoms with Gasteiger partial charge in [-0.05, 0) is 25.3 Å². The summed E-state index contributed by atoms with van der Waals surface area (Å²) in [6.45, 7) is 2.53. The molecule has 1 aliphatic rings. The summed E-state index contributed by atoms with van der Waals surface area (Å²) in [5.74, 6) is 0.737. The molecule has 0 bridgehead atoms. The van der Waals surface area contributed by atoms with E-state index in [1.165, 1.54) is 12.1 Å². The van der Waals surface area contributed by atoms with Gasteiger partial charge in [0.15, 0.2) is 5.82 Å². The van der Waals surface area contributed by atoms with Crippen LogP contribution in [-0.2, 0) is 11.2 Å². The molecule has 1 aliphatic heterocycles. The first-order valence-corrected chi connectivity index (χ1v) is 7.28. The van der Waals surface area contributed by atoms with Crippen LogP contribution in [0.4, 0.5) is 17.2 Å². The molecule has 2 heterocycles. The maximum atomic E-state index is 12.2. The van der Waals surface area contributed by atoms with Gasteiger partial charge in [-0.3, -0.25) is 14.9 Å². The van der Waals surface area contributed by atoms with Crippen molar-refractivity contribution in [3.63, 3.8) is 0 Å². The molecule has 0 atom stereocenters. The summed E-state index contributed by atoms with van der Waals surface area (Å²) in [5, 5.41) is 17.3. The Balaban J connectivity index is 1.75. The molecule has 0 fully saturated rings. The average molecular weight is 316 g/mol. The van der Waals surface area contributed by atoms with E-state index in [2.05, 4.69) is 10.5 Å². The highest BCUT2D eigenvalue weighted by Crippen LogP contribution is 2.30. The number of fused-ring (bicyclic) bond motifs is 1. The number of non-ortho nitro benzene ring substituents is 1. The molecule has 3 rings (SSSR count). The molecular formula is C15H16N4O4. The Bertz CT molecular complexity index is 756. The van der Waals surface area contributed by atoms with Crippen molar-refractivity contribution in [2.24, 2.45) is 0 Å². The van der Waals surface area contributed by atoms with Gasteiger partial charge in [0.25, 0.3) is 5.69 Å². The van der Waals surface area contributed by atoms with Crippen molar-refractivity contribution in [3.8, 4) is 0 Å². The van der Waals surface area contributed by atoms with Crippen LogP contribution in [-0.4, -0.2) is 29.1 Å². The smallest absolute Gasteiger partial charge is 0.271 e. The van der Waals surface area contributed by atoms with Crippen molar-refractivity contribution >= 4 is 23.1 Å². The van der Waals surface area contributed by atoms with E-state index in [-0.39, 0.29) is 18.1 Å². The van der Waals surface area contributed by atoms with Crippen LogP contribution in [0.2, 0.25) is 0 Å². The second-order valence-electron chi connectivity index (χ2n) is 5.47. The van der Waals surface area contributed by atoms with Gasteiger partial charge in [-0.1, -0.05) is 11.2 Å².